The lowest BCUT2D eigenvalue weighted by molar-refractivity contribution is -0.140. The highest BCUT2D eigenvalue weighted by Crippen LogP contribution is 2.09. The Labute approximate surface area is 125 Å². The van der Waals surface area contributed by atoms with Crippen molar-refractivity contribution >= 4 is 11.9 Å². The van der Waals surface area contributed by atoms with E-state index in [4.69, 9.17) is 14.7 Å². The summed E-state index contributed by atoms with van der Waals surface area (Å²) in [6.07, 6.45) is 2.78. The first kappa shape index (κ1) is 18.5. The van der Waals surface area contributed by atoms with Crippen molar-refractivity contribution in [2.45, 2.75) is 13.8 Å². The Hall–Kier alpha value is -2.49. The Bertz CT molecular complexity index is 475. The minimum atomic E-state index is -0.736. The molecule has 0 N–H and O–H groups in total. The largest absolute Gasteiger partial charge is 0.462 e. The second kappa shape index (κ2) is 9.42. The van der Waals surface area contributed by atoms with Gasteiger partial charge in [-0.25, -0.2) is 9.59 Å². The van der Waals surface area contributed by atoms with Gasteiger partial charge in [0.2, 0.25) is 0 Å². The van der Waals surface area contributed by atoms with Crippen LogP contribution in [0.4, 0.5) is 0 Å². The van der Waals surface area contributed by atoms with E-state index >= 15 is 0 Å². The molecule has 0 saturated carbocycles. The maximum atomic E-state index is 11.9. The number of esters is 2. The molecule has 0 aromatic heterocycles. The molecule has 0 aromatic carbocycles. The number of nitriles is 1. The first-order valence-electron chi connectivity index (χ1n) is 6.44. The van der Waals surface area contributed by atoms with Gasteiger partial charge in [-0.05, 0) is 13.8 Å². The molecule has 0 rings (SSSR count). The molecule has 0 amide bonds. The molecule has 116 valence electrons. The lowest BCUT2D eigenvalue weighted by atomic mass is 10.3. The summed E-state index contributed by atoms with van der Waals surface area (Å²) in [5, 5.41) is 8.99. The maximum absolute atomic E-state index is 11.9. The number of rotatable bonds is 7. The van der Waals surface area contributed by atoms with E-state index in [1.54, 1.807) is 46.0 Å². The molecule has 0 heterocycles. The zero-order chi connectivity index (χ0) is 16.4. The lowest BCUT2D eigenvalue weighted by Crippen LogP contribution is -2.24. The molecular formula is C14H21N3O4. The third kappa shape index (κ3) is 6.47. The number of nitrogens with zero attached hydrogens (tertiary/aromatic N) is 3. The molecule has 0 aliphatic rings. The minimum absolute atomic E-state index is 0.167. The van der Waals surface area contributed by atoms with E-state index in [1.165, 1.54) is 17.3 Å². The van der Waals surface area contributed by atoms with Gasteiger partial charge in [-0.2, -0.15) is 5.26 Å². The van der Waals surface area contributed by atoms with Crippen molar-refractivity contribution in [2.75, 3.05) is 34.4 Å². The molecule has 0 spiro atoms. The number of ether oxygens (including phenoxy) is 2. The van der Waals surface area contributed by atoms with Gasteiger partial charge in [-0.15, -0.1) is 0 Å². The van der Waals surface area contributed by atoms with Crippen molar-refractivity contribution in [3.63, 3.8) is 0 Å². The van der Waals surface area contributed by atoms with E-state index in [2.05, 4.69) is 0 Å². The van der Waals surface area contributed by atoms with Crippen molar-refractivity contribution in [1.82, 2.24) is 9.80 Å². The molecule has 21 heavy (non-hydrogen) atoms. The van der Waals surface area contributed by atoms with Gasteiger partial charge in [-0.3, -0.25) is 0 Å². The van der Waals surface area contributed by atoms with Gasteiger partial charge in [-0.1, -0.05) is 0 Å². The second-order valence-electron chi connectivity index (χ2n) is 4.18. The van der Waals surface area contributed by atoms with Gasteiger partial charge >= 0.3 is 11.9 Å². The van der Waals surface area contributed by atoms with Gasteiger partial charge in [0.05, 0.1) is 13.2 Å². The Morgan fingerprint density at radius 3 is 2.00 bits per heavy atom. The van der Waals surface area contributed by atoms with Crippen LogP contribution in [0, 0.1) is 11.3 Å². The predicted molar refractivity (Wildman–Crippen MR) is 76.5 cm³/mol. The van der Waals surface area contributed by atoms with Crippen LogP contribution >= 0.6 is 0 Å². The molecule has 0 aromatic rings. The van der Waals surface area contributed by atoms with Crippen molar-refractivity contribution < 1.29 is 19.1 Å². The molecule has 0 radical (unpaired) electrons. The molecular weight excluding hydrogens is 274 g/mol. The van der Waals surface area contributed by atoms with Crippen LogP contribution in [-0.2, 0) is 19.1 Å². The predicted octanol–water partition coefficient (Wildman–Crippen LogP) is 0.855. The van der Waals surface area contributed by atoms with Crippen molar-refractivity contribution in [3.05, 3.63) is 23.7 Å². The van der Waals surface area contributed by atoms with Gasteiger partial charge in [0.1, 0.15) is 11.8 Å². The van der Waals surface area contributed by atoms with E-state index in [9.17, 15) is 9.59 Å². The fourth-order valence-corrected chi connectivity index (χ4v) is 1.34. The average molecular weight is 295 g/mol. The fourth-order valence-electron chi connectivity index (χ4n) is 1.34. The molecule has 0 fully saturated rings. The summed E-state index contributed by atoms with van der Waals surface area (Å²) in [4.78, 5) is 26.5. The zero-order valence-corrected chi connectivity index (χ0v) is 13.0. The summed E-state index contributed by atoms with van der Waals surface area (Å²) in [6, 6.07) is 1.75. The first-order chi connectivity index (χ1) is 9.87. The van der Waals surface area contributed by atoms with E-state index in [1.807, 2.05) is 0 Å². The highest BCUT2D eigenvalue weighted by atomic mass is 16.5. The van der Waals surface area contributed by atoms with Crippen LogP contribution in [0.5, 0.6) is 0 Å². The van der Waals surface area contributed by atoms with E-state index < -0.39 is 11.9 Å². The lowest BCUT2D eigenvalue weighted by Gasteiger charge is -2.19. The monoisotopic (exact) mass is 295 g/mol. The minimum Gasteiger partial charge on any atom is -0.462 e. The molecule has 0 bridgehead atoms. The van der Waals surface area contributed by atoms with E-state index in [-0.39, 0.29) is 24.5 Å². The van der Waals surface area contributed by atoms with Gasteiger partial charge in [0.25, 0.3) is 0 Å². The molecule has 0 aliphatic heterocycles. The Balaban J connectivity index is 5.38. The number of likely N-dealkylation sites (N-methyl/N-ethyl adjacent to an activating group) is 1. The van der Waals surface area contributed by atoms with Crippen LogP contribution in [0.3, 0.4) is 0 Å². The smallest absolute Gasteiger partial charge is 0.356 e. The number of hydrogen-bond donors (Lipinski definition) is 0. The van der Waals surface area contributed by atoms with Crippen molar-refractivity contribution in [3.8, 4) is 6.07 Å². The summed E-state index contributed by atoms with van der Waals surface area (Å²) in [6.45, 7) is 3.73. The summed E-state index contributed by atoms with van der Waals surface area (Å²) in [7, 11) is 5.03. The first-order valence-corrected chi connectivity index (χ1v) is 6.44. The molecule has 7 heteroatoms. The van der Waals surface area contributed by atoms with Crippen LogP contribution in [0.25, 0.3) is 0 Å². The van der Waals surface area contributed by atoms with E-state index in [0.717, 1.165) is 0 Å². The number of carbonyl (C=O) groups is 2. The van der Waals surface area contributed by atoms with Crippen LogP contribution in [-0.4, -0.2) is 56.1 Å². The topological polar surface area (TPSA) is 82.9 Å². The number of carbonyl (C=O) groups excluding carboxylic acids is 2. The van der Waals surface area contributed by atoms with E-state index in [0.29, 0.717) is 0 Å². The Kier molecular flexibility index (Phi) is 8.30. The standard InChI is InChI=1S/C14H21N3O4/c1-6-20-13(18)11(8-15)9-17(5)12(10-16(3)4)14(19)21-7-2/h9-10H,6-7H2,1-5H3/b11-9+,12-10-. The van der Waals surface area contributed by atoms with Gasteiger partial charge < -0.3 is 19.3 Å². The summed E-state index contributed by atoms with van der Waals surface area (Å²) in [5.41, 5.74) is -0.00722. The summed E-state index contributed by atoms with van der Waals surface area (Å²) < 4.78 is 9.71. The van der Waals surface area contributed by atoms with Crippen molar-refractivity contribution in [2.24, 2.45) is 0 Å². The third-order valence-corrected chi connectivity index (χ3v) is 2.18. The van der Waals surface area contributed by atoms with Crippen molar-refractivity contribution in [1.29, 1.82) is 5.26 Å². The summed E-state index contributed by atoms with van der Waals surface area (Å²) in [5.74, 6) is -1.29. The van der Waals surface area contributed by atoms with Crippen LogP contribution in [0.15, 0.2) is 23.7 Å². The summed E-state index contributed by atoms with van der Waals surface area (Å²) >= 11 is 0. The Morgan fingerprint density at radius 1 is 1.05 bits per heavy atom. The molecule has 7 nitrogen and oxygen atoms in total. The Morgan fingerprint density at radius 2 is 1.57 bits per heavy atom. The average Bonchev–Trinajstić information content (AvgIpc) is 2.42. The highest BCUT2D eigenvalue weighted by Gasteiger charge is 2.18. The molecule has 0 unspecified atom stereocenters. The quantitative estimate of drug-likeness (QED) is 0.391. The second-order valence-corrected chi connectivity index (χ2v) is 4.18. The maximum Gasteiger partial charge on any atom is 0.356 e. The third-order valence-electron chi connectivity index (χ3n) is 2.18. The van der Waals surface area contributed by atoms with Crippen LogP contribution in [0.2, 0.25) is 0 Å². The SMILES string of the molecule is CCOC(=O)/C(=C/N(C)C)N(C)/C=C(\C#N)C(=O)OCC. The molecule has 0 aliphatic carbocycles. The van der Waals surface area contributed by atoms with Gasteiger partial charge in [0.15, 0.2) is 5.57 Å². The van der Waals surface area contributed by atoms with Crippen LogP contribution < -0.4 is 0 Å². The molecule has 0 atom stereocenters. The zero-order valence-electron chi connectivity index (χ0n) is 13.0. The normalized spacial score (nSPS) is 11.4. The van der Waals surface area contributed by atoms with Gasteiger partial charge in [0, 0.05) is 33.5 Å². The fraction of sp³-hybridized carbons (Fsp3) is 0.500. The highest BCUT2D eigenvalue weighted by molar-refractivity contribution is 5.93. The van der Waals surface area contributed by atoms with Crippen LogP contribution in [0.1, 0.15) is 13.8 Å². The number of hydrogen-bond acceptors (Lipinski definition) is 7. The molecule has 0 saturated heterocycles.